The fraction of sp³-hybridized carbons (Fsp3) is 0.273. The van der Waals surface area contributed by atoms with E-state index in [2.05, 4.69) is 52.6 Å². The van der Waals surface area contributed by atoms with Gasteiger partial charge in [-0.3, -0.25) is 0 Å². The minimum Gasteiger partial charge on any atom is -0.493 e. The maximum Gasteiger partial charge on any atom is 0.225 e. The Hall–Kier alpha value is -3.28. The molecule has 0 atom stereocenters. The zero-order valence-electron chi connectivity index (χ0n) is 17.0. The summed E-state index contributed by atoms with van der Waals surface area (Å²) < 4.78 is 10.6. The van der Waals surface area contributed by atoms with Crippen LogP contribution < -0.4 is 20.1 Å². The van der Waals surface area contributed by atoms with E-state index in [1.807, 2.05) is 31.2 Å². The number of hydrogen-bond acceptors (Lipinski definition) is 6. The monoisotopic (exact) mass is 378 g/mol. The van der Waals surface area contributed by atoms with E-state index in [-0.39, 0.29) is 0 Å². The molecular formula is C22H26N4O2. The largest absolute Gasteiger partial charge is 0.493 e. The van der Waals surface area contributed by atoms with Crippen molar-refractivity contribution in [3.8, 4) is 11.5 Å². The van der Waals surface area contributed by atoms with Gasteiger partial charge in [0.2, 0.25) is 5.95 Å². The van der Waals surface area contributed by atoms with Gasteiger partial charge in [0.05, 0.1) is 14.2 Å². The van der Waals surface area contributed by atoms with Crippen molar-refractivity contribution in [1.82, 2.24) is 9.97 Å². The van der Waals surface area contributed by atoms with E-state index in [1.54, 1.807) is 14.2 Å². The summed E-state index contributed by atoms with van der Waals surface area (Å²) >= 11 is 0. The van der Waals surface area contributed by atoms with Crippen molar-refractivity contribution in [2.45, 2.75) is 27.3 Å². The third-order valence-electron chi connectivity index (χ3n) is 4.25. The van der Waals surface area contributed by atoms with Gasteiger partial charge in [-0.05, 0) is 61.7 Å². The van der Waals surface area contributed by atoms with E-state index >= 15 is 0 Å². The third-order valence-corrected chi connectivity index (χ3v) is 4.25. The molecule has 6 nitrogen and oxygen atoms in total. The smallest absolute Gasteiger partial charge is 0.225 e. The molecule has 2 aromatic carbocycles. The van der Waals surface area contributed by atoms with Gasteiger partial charge in [0.1, 0.15) is 5.82 Å². The second kappa shape index (κ2) is 8.61. The number of nitrogens with one attached hydrogen (secondary N) is 2. The molecule has 0 aliphatic carbocycles. The molecule has 1 aromatic heterocycles. The molecule has 3 rings (SSSR count). The number of aryl methyl sites for hydroxylation is 3. The van der Waals surface area contributed by atoms with Crippen LogP contribution in [-0.4, -0.2) is 24.2 Å². The summed E-state index contributed by atoms with van der Waals surface area (Å²) in [6, 6.07) is 14.1. The Balaban J connectivity index is 1.74. The molecule has 146 valence electrons. The number of nitrogens with zero attached hydrogens (tertiary/aromatic N) is 2. The number of rotatable bonds is 7. The van der Waals surface area contributed by atoms with Gasteiger partial charge in [-0.25, -0.2) is 4.98 Å². The van der Waals surface area contributed by atoms with Gasteiger partial charge < -0.3 is 20.1 Å². The highest BCUT2D eigenvalue weighted by Gasteiger charge is 2.07. The standard InChI is InChI=1S/C22H26N4O2/c1-14-8-15(2)10-18(9-14)25-21-11-16(3)24-22(26-21)23-13-17-6-7-19(27-4)20(12-17)28-5/h6-12H,13H2,1-5H3,(H2,23,24,25,26). The number of aromatic nitrogens is 2. The van der Waals surface area contributed by atoms with Crippen LogP contribution in [-0.2, 0) is 6.54 Å². The number of benzene rings is 2. The molecule has 0 aliphatic heterocycles. The summed E-state index contributed by atoms with van der Waals surface area (Å²) in [6.45, 7) is 6.70. The molecule has 6 heteroatoms. The van der Waals surface area contributed by atoms with Crippen molar-refractivity contribution in [1.29, 1.82) is 0 Å². The molecule has 0 spiro atoms. The third kappa shape index (κ3) is 4.91. The lowest BCUT2D eigenvalue weighted by molar-refractivity contribution is 0.354. The van der Waals surface area contributed by atoms with Crippen molar-refractivity contribution in [3.05, 3.63) is 64.8 Å². The van der Waals surface area contributed by atoms with Gasteiger partial charge in [0.25, 0.3) is 0 Å². The second-order valence-corrected chi connectivity index (χ2v) is 6.76. The molecule has 0 unspecified atom stereocenters. The van der Waals surface area contributed by atoms with Crippen LogP contribution in [0.5, 0.6) is 11.5 Å². The van der Waals surface area contributed by atoms with Crippen LogP contribution in [0.2, 0.25) is 0 Å². The van der Waals surface area contributed by atoms with E-state index in [0.29, 0.717) is 24.0 Å². The number of anilines is 3. The number of hydrogen-bond donors (Lipinski definition) is 2. The van der Waals surface area contributed by atoms with E-state index in [1.165, 1.54) is 11.1 Å². The predicted molar refractivity (Wildman–Crippen MR) is 113 cm³/mol. The Morgan fingerprint density at radius 1 is 0.821 bits per heavy atom. The normalized spacial score (nSPS) is 10.5. The summed E-state index contributed by atoms with van der Waals surface area (Å²) in [4.78, 5) is 9.07. The predicted octanol–water partition coefficient (Wildman–Crippen LogP) is 4.77. The molecule has 0 radical (unpaired) electrons. The van der Waals surface area contributed by atoms with Crippen LogP contribution in [0.3, 0.4) is 0 Å². The topological polar surface area (TPSA) is 68.3 Å². The summed E-state index contributed by atoms with van der Waals surface area (Å²) in [5.41, 5.74) is 5.37. The van der Waals surface area contributed by atoms with Gasteiger partial charge in [-0.15, -0.1) is 0 Å². The van der Waals surface area contributed by atoms with Crippen molar-refractivity contribution in [3.63, 3.8) is 0 Å². The van der Waals surface area contributed by atoms with Crippen molar-refractivity contribution in [2.75, 3.05) is 24.9 Å². The molecule has 28 heavy (non-hydrogen) atoms. The maximum atomic E-state index is 5.36. The van der Waals surface area contributed by atoms with Gasteiger partial charge in [0, 0.05) is 24.0 Å². The van der Waals surface area contributed by atoms with E-state index in [0.717, 1.165) is 22.8 Å². The fourth-order valence-electron chi connectivity index (χ4n) is 3.08. The van der Waals surface area contributed by atoms with E-state index in [9.17, 15) is 0 Å². The molecule has 2 N–H and O–H groups in total. The Morgan fingerprint density at radius 3 is 2.21 bits per heavy atom. The molecule has 0 bridgehead atoms. The Labute approximate surface area is 166 Å². The highest BCUT2D eigenvalue weighted by Crippen LogP contribution is 2.28. The summed E-state index contributed by atoms with van der Waals surface area (Å²) in [5.74, 6) is 2.73. The average molecular weight is 378 g/mol. The first-order valence-corrected chi connectivity index (χ1v) is 9.12. The zero-order valence-corrected chi connectivity index (χ0v) is 17.0. The average Bonchev–Trinajstić information content (AvgIpc) is 2.64. The first kappa shape index (κ1) is 19.5. The Kier molecular flexibility index (Phi) is 5.99. The highest BCUT2D eigenvalue weighted by molar-refractivity contribution is 5.59. The molecule has 0 amide bonds. The maximum absolute atomic E-state index is 5.36. The molecular weight excluding hydrogens is 352 g/mol. The molecule has 3 aromatic rings. The van der Waals surface area contributed by atoms with Crippen LogP contribution in [0.25, 0.3) is 0 Å². The zero-order chi connectivity index (χ0) is 20.1. The van der Waals surface area contributed by atoms with Crippen LogP contribution in [0.1, 0.15) is 22.4 Å². The van der Waals surface area contributed by atoms with Crippen LogP contribution in [0.4, 0.5) is 17.5 Å². The molecule has 0 fully saturated rings. The van der Waals surface area contributed by atoms with Crippen LogP contribution in [0.15, 0.2) is 42.5 Å². The lowest BCUT2D eigenvalue weighted by Crippen LogP contribution is -2.06. The summed E-state index contributed by atoms with van der Waals surface area (Å²) in [6.07, 6.45) is 0. The number of ether oxygens (including phenoxy) is 2. The molecule has 0 aliphatic rings. The van der Waals surface area contributed by atoms with Crippen LogP contribution >= 0.6 is 0 Å². The van der Waals surface area contributed by atoms with Crippen molar-refractivity contribution >= 4 is 17.5 Å². The van der Waals surface area contributed by atoms with Crippen molar-refractivity contribution < 1.29 is 9.47 Å². The van der Waals surface area contributed by atoms with Crippen molar-refractivity contribution in [2.24, 2.45) is 0 Å². The molecule has 0 saturated heterocycles. The fourth-order valence-corrected chi connectivity index (χ4v) is 3.08. The summed E-state index contributed by atoms with van der Waals surface area (Å²) in [5, 5.41) is 6.65. The van der Waals surface area contributed by atoms with Gasteiger partial charge in [-0.2, -0.15) is 4.98 Å². The quantitative estimate of drug-likeness (QED) is 0.617. The molecule has 0 saturated carbocycles. The lowest BCUT2D eigenvalue weighted by atomic mass is 10.1. The number of methoxy groups -OCH3 is 2. The van der Waals surface area contributed by atoms with E-state index in [4.69, 9.17) is 9.47 Å². The van der Waals surface area contributed by atoms with Gasteiger partial charge >= 0.3 is 0 Å². The Morgan fingerprint density at radius 2 is 1.54 bits per heavy atom. The van der Waals surface area contributed by atoms with Crippen LogP contribution in [0, 0.1) is 20.8 Å². The lowest BCUT2D eigenvalue weighted by Gasteiger charge is -2.12. The first-order chi connectivity index (χ1) is 13.5. The molecule has 1 heterocycles. The van der Waals surface area contributed by atoms with E-state index < -0.39 is 0 Å². The minimum atomic E-state index is 0.571. The first-order valence-electron chi connectivity index (χ1n) is 9.12. The minimum absolute atomic E-state index is 0.571. The SMILES string of the molecule is COc1ccc(CNc2nc(C)cc(Nc3cc(C)cc(C)c3)n2)cc1OC. The second-order valence-electron chi connectivity index (χ2n) is 6.76. The highest BCUT2D eigenvalue weighted by atomic mass is 16.5. The summed E-state index contributed by atoms with van der Waals surface area (Å²) in [7, 11) is 3.25. The van der Waals surface area contributed by atoms with Gasteiger partial charge in [-0.1, -0.05) is 12.1 Å². The Bertz CT molecular complexity index is 952. The van der Waals surface area contributed by atoms with Gasteiger partial charge in [0.15, 0.2) is 11.5 Å².